The molecule has 106 valence electrons. The Hall–Kier alpha value is -2.59. The van der Waals surface area contributed by atoms with Gasteiger partial charge in [0, 0.05) is 18.3 Å². The molecule has 0 saturated heterocycles. The molecule has 0 aliphatic heterocycles. The van der Waals surface area contributed by atoms with Crippen molar-refractivity contribution in [3.8, 4) is 17.2 Å². The van der Waals surface area contributed by atoms with Crippen molar-refractivity contribution >= 4 is 0 Å². The maximum Gasteiger partial charge on any atom is 0.127 e. The Bertz CT molecular complexity index is 718. The normalized spacial score (nSPS) is 10.6. The smallest absolute Gasteiger partial charge is 0.127 e. The molecule has 0 aliphatic rings. The first-order chi connectivity index (χ1) is 10.3. The van der Waals surface area contributed by atoms with Crippen molar-refractivity contribution in [3.05, 3.63) is 72.1 Å². The molecule has 0 aliphatic carbocycles. The SMILES string of the molecule is Cc1nn(-c2ccc(Oc3ccccc3)cc2)cc1CN. The molecule has 0 amide bonds. The van der Waals surface area contributed by atoms with Gasteiger partial charge in [0.1, 0.15) is 11.5 Å². The third-order valence-electron chi connectivity index (χ3n) is 3.30. The molecule has 21 heavy (non-hydrogen) atoms. The van der Waals surface area contributed by atoms with Gasteiger partial charge in [-0.2, -0.15) is 5.10 Å². The molecule has 0 unspecified atom stereocenters. The fourth-order valence-electron chi connectivity index (χ4n) is 2.12. The molecule has 2 N–H and O–H groups in total. The summed E-state index contributed by atoms with van der Waals surface area (Å²) in [6, 6.07) is 17.5. The van der Waals surface area contributed by atoms with Gasteiger partial charge in [-0.1, -0.05) is 18.2 Å². The van der Waals surface area contributed by atoms with Gasteiger partial charge in [-0.25, -0.2) is 4.68 Å². The van der Waals surface area contributed by atoms with Gasteiger partial charge in [0.15, 0.2) is 0 Å². The van der Waals surface area contributed by atoms with E-state index < -0.39 is 0 Å². The van der Waals surface area contributed by atoms with Crippen molar-refractivity contribution in [3.63, 3.8) is 0 Å². The van der Waals surface area contributed by atoms with E-state index in [4.69, 9.17) is 10.5 Å². The maximum atomic E-state index is 5.77. The second kappa shape index (κ2) is 5.81. The first kappa shape index (κ1) is 13.4. The van der Waals surface area contributed by atoms with Gasteiger partial charge in [-0.05, 0) is 43.3 Å². The summed E-state index contributed by atoms with van der Waals surface area (Å²) in [5.41, 5.74) is 8.68. The van der Waals surface area contributed by atoms with Crippen molar-refractivity contribution in [1.29, 1.82) is 0 Å². The number of para-hydroxylation sites is 1. The molecule has 4 heteroatoms. The van der Waals surface area contributed by atoms with Crippen LogP contribution in [0, 0.1) is 6.92 Å². The lowest BCUT2D eigenvalue weighted by molar-refractivity contribution is 0.482. The topological polar surface area (TPSA) is 53.1 Å². The summed E-state index contributed by atoms with van der Waals surface area (Å²) in [6.45, 7) is 2.46. The van der Waals surface area contributed by atoms with E-state index in [2.05, 4.69) is 5.10 Å². The zero-order valence-electron chi connectivity index (χ0n) is 11.9. The summed E-state index contributed by atoms with van der Waals surface area (Å²) in [5, 5.41) is 4.46. The van der Waals surface area contributed by atoms with Crippen molar-refractivity contribution in [1.82, 2.24) is 9.78 Å². The summed E-state index contributed by atoms with van der Waals surface area (Å²) in [6.07, 6.45) is 1.96. The summed E-state index contributed by atoms with van der Waals surface area (Å²) < 4.78 is 7.61. The molecule has 0 fully saturated rings. The summed E-state index contributed by atoms with van der Waals surface area (Å²) in [5.74, 6) is 1.62. The number of rotatable bonds is 4. The maximum absolute atomic E-state index is 5.77. The Labute approximate surface area is 123 Å². The quantitative estimate of drug-likeness (QED) is 0.796. The van der Waals surface area contributed by atoms with Crippen molar-refractivity contribution in [2.75, 3.05) is 0 Å². The number of nitrogens with two attached hydrogens (primary N) is 1. The Morgan fingerprint density at radius 1 is 1.00 bits per heavy atom. The van der Waals surface area contributed by atoms with Crippen LogP contribution in [0.4, 0.5) is 0 Å². The van der Waals surface area contributed by atoms with E-state index in [0.717, 1.165) is 28.4 Å². The van der Waals surface area contributed by atoms with Gasteiger partial charge in [0.2, 0.25) is 0 Å². The van der Waals surface area contributed by atoms with E-state index in [9.17, 15) is 0 Å². The Morgan fingerprint density at radius 3 is 2.29 bits per heavy atom. The molecule has 0 atom stereocenters. The fourth-order valence-corrected chi connectivity index (χ4v) is 2.12. The minimum Gasteiger partial charge on any atom is -0.457 e. The molecule has 1 heterocycles. The average molecular weight is 279 g/mol. The highest BCUT2D eigenvalue weighted by Gasteiger charge is 2.05. The van der Waals surface area contributed by atoms with Crippen LogP contribution in [0.5, 0.6) is 11.5 Å². The molecular weight excluding hydrogens is 262 g/mol. The van der Waals surface area contributed by atoms with Gasteiger partial charge < -0.3 is 10.5 Å². The molecular formula is C17H17N3O. The predicted molar refractivity (Wildman–Crippen MR) is 82.7 cm³/mol. The Kier molecular flexibility index (Phi) is 3.71. The van der Waals surface area contributed by atoms with Gasteiger partial charge in [-0.3, -0.25) is 0 Å². The Morgan fingerprint density at radius 2 is 1.67 bits per heavy atom. The van der Waals surface area contributed by atoms with Crippen LogP contribution in [-0.4, -0.2) is 9.78 Å². The first-order valence-corrected chi connectivity index (χ1v) is 6.85. The highest BCUT2D eigenvalue weighted by Crippen LogP contribution is 2.22. The van der Waals surface area contributed by atoms with Gasteiger partial charge in [-0.15, -0.1) is 0 Å². The highest BCUT2D eigenvalue weighted by atomic mass is 16.5. The summed E-state index contributed by atoms with van der Waals surface area (Å²) >= 11 is 0. The molecule has 3 rings (SSSR count). The number of nitrogens with zero attached hydrogens (tertiary/aromatic N) is 2. The van der Waals surface area contributed by atoms with Crippen LogP contribution in [0.3, 0.4) is 0 Å². The minimum atomic E-state index is 0.501. The zero-order chi connectivity index (χ0) is 14.7. The second-order valence-corrected chi connectivity index (χ2v) is 4.80. The van der Waals surface area contributed by atoms with Crippen LogP contribution in [0.2, 0.25) is 0 Å². The third-order valence-corrected chi connectivity index (χ3v) is 3.30. The van der Waals surface area contributed by atoms with Gasteiger partial charge >= 0.3 is 0 Å². The van der Waals surface area contributed by atoms with E-state index in [1.165, 1.54) is 0 Å². The lowest BCUT2D eigenvalue weighted by atomic mass is 10.2. The molecule has 0 spiro atoms. The number of aryl methyl sites for hydroxylation is 1. The van der Waals surface area contributed by atoms with Crippen LogP contribution in [0.15, 0.2) is 60.8 Å². The largest absolute Gasteiger partial charge is 0.457 e. The molecule has 0 bridgehead atoms. The number of ether oxygens (including phenoxy) is 1. The number of aromatic nitrogens is 2. The van der Waals surface area contributed by atoms with Crippen molar-refractivity contribution in [2.45, 2.75) is 13.5 Å². The predicted octanol–water partition coefficient (Wildman–Crippen LogP) is 3.43. The van der Waals surface area contributed by atoms with Crippen molar-refractivity contribution < 1.29 is 4.74 Å². The van der Waals surface area contributed by atoms with Crippen molar-refractivity contribution in [2.24, 2.45) is 5.73 Å². The molecule has 2 aromatic carbocycles. The first-order valence-electron chi connectivity index (χ1n) is 6.85. The number of benzene rings is 2. The fraction of sp³-hybridized carbons (Fsp3) is 0.118. The van der Waals surface area contributed by atoms with E-state index in [-0.39, 0.29) is 0 Å². The third kappa shape index (κ3) is 2.95. The summed E-state index contributed by atoms with van der Waals surface area (Å²) in [4.78, 5) is 0. The average Bonchev–Trinajstić information content (AvgIpc) is 2.90. The van der Waals surface area contributed by atoms with E-state index >= 15 is 0 Å². The number of hydrogen-bond donors (Lipinski definition) is 1. The monoisotopic (exact) mass is 279 g/mol. The standard InChI is InChI=1S/C17H17N3O/c1-13-14(11-18)12-20(19-13)15-7-9-17(10-8-15)21-16-5-3-2-4-6-16/h2-10,12H,11,18H2,1H3. The molecule has 0 saturated carbocycles. The zero-order valence-corrected chi connectivity index (χ0v) is 11.9. The lowest BCUT2D eigenvalue weighted by Crippen LogP contribution is -1.96. The molecule has 4 nitrogen and oxygen atoms in total. The van der Waals surface area contributed by atoms with Gasteiger partial charge in [0.05, 0.1) is 11.4 Å². The lowest BCUT2D eigenvalue weighted by Gasteiger charge is -2.06. The number of hydrogen-bond acceptors (Lipinski definition) is 3. The van der Waals surface area contributed by atoms with Crippen LogP contribution >= 0.6 is 0 Å². The van der Waals surface area contributed by atoms with E-state index in [1.54, 1.807) is 0 Å². The van der Waals surface area contributed by atoms with Crippen LogP contribution in [-0.2, 0) is 6.54 Å². The second-order valence-electron chi connectivity index (χ2n) is 4.80. The van der Waals surface area contributed by atoms with E-state index in [0.29, 0.717) is 6.54 Å². The van der Waals surface area contributed by atoms with Gasteiger partial charge in [0.25, 0.3) is 0 Å². The summed E-state index contributed by atoms with van der Waals surface area (Å²) in [7, 11) is 0. The van der Waals surface area contributed by atoms with Crippen LogP contribution in [0.25, 0.3) is 5.69 Å². The molecule has 3 aromatic rings. The molecule has 0 radical (unpaired) electrons. The molecule has 1 aromatic heterocycles. The highest BCUT2D eigenvalue weighted by molar-refractivity contribution is 5.39. The van der Waals surface area contributed by atoms with E-state index in [1.807, 2.05) is 72.4 Å². The van der Waals surface area contributed by atoms with Crippen LogP contribution < -0.4 is 10.5 Å². The Balaban J connectivity index is 1.80. The minimum absolute atomic E-state index is 0.501. The van der Waals surface area contributed by atoms with Crippen LogP contribution in [0.1, 0.15) is 11.3 Å².